The summed E-state index contributed by atoms with van der Waals surface area (Å²) in [6, 6.07) is 6.50. The fourth-order valence-electron chi connectivity index (χ4n) is 1.23. The summed E-state index contributed by atoms with van der Waals surface area (Å²) < 4.78 is 0. The van der Waals surface area contributed by atoms with E-state index in [4.69, 9.17) is 5.26 Å². The van der Waals surface area contributed by atoms with Crippen LogP contribution in [0.5, 0.6) is 0 Å². The summed E-state index contributed by atoms with van der Waals surface area (Å²) in [5, 5.41) is 19.4. The van der Waals surface area contributed by atoms with Gasteiger partial charge in [0.1, 0.15) is 11.6 Å². The van der Waals surface area contributed by atoms with Crippen molar-refractivity contribution in [3.63, 3.8) is 0 Å². The third kappa shape index (κ3) is 1.72. The molecule has 0 aliphatic carbocycles. The molecule has 0 saturated heterocycles. The van der Waals surface area contributed by atoms with Crippen molar-refractivity contribution in [1.82, 2.24) is 0 Å². The molecule has 71 valence electrons. The van der Waals surface area contributed by atoms with E-state index in [2.05, 4.69) is 0 Å². The molecule has 0 unspecified atom stereocenters. The predicted octanol–water partition coefficient (Wildman–Crippen LogP) is 2.43. The van der Waals surface area contributed by atoms with Gasteiger partial charge in [-0.1, -0.05) is 26.0 Å². The second-order valence-electron chi connectivity index (χ2n) is 3.07. The number of hydrogen-bond donors (Lipinski definition) is 0. The molecule has 0 amide bonds. The second kappa shape index (κ2) is 3.88. The summed E-state index contributed by atoms with van der Waals surface area (Å²) >= 11 is 0. The van der Waals surface area contributed by atoms with Gasteiger partial charge in [-0.3, -0.25) is 10.1 Å². The highest BCUT2D eigenvalue weighted by molar-refractivity contribution is 5.56. The van der Waals surface area contributed by atoms with E-state index >= 15 is 0 Å². The van der Waals surface area contributed by atoms with Crippen LogP contribution >= 0.6 is 0 Å². The molecule has 1 aromatic rings. The van der Waals surface area contributed by atoms with Crippen LogP contribution in [0.3, 0.4) is 0 Å². The third-order valence-electron chi connectivity index (χ3n) is 1.89. The minimum atomic E-state index is -0.537. The van der Waals surface area contributed by atoms with Gasteiger partial charge in [0.15, 0.2) is 0 Å². The molecule has 1 aromatic carbocycles. The average molecular weight is 189 g/mol. The van der Waals surface area contributed by atoms with Crippen LogP contribution in [0.4, 0.5) is 5.69 Å². The topological polar surface area (TPSA) is 66.9 Å². The van der Waals surface area contributed by atoms with E-state index in [-0.39, 0.29) is 11.3 Å². The average Bonchev–Trinajstić information content (AvgIpc) is 2.16. The lowest BCUT2D eigenvalue weighted by molar-refractivity contribution is -0.385. The Hall–Kier alpha value is -1.89. The Morgan fingerprint density at radius 3 is 2.57 bits per heavy atom. The van der Waals surface area contributed by atoms with Crippen LogP contribution in [-0.4, -0.2) is 4.92 Å². The first-order valence-corrected chi connectivity index (χ1v) is 4.06. The van der Waals surface area contributed by atoms with Gasteiger partial charge < -0.3 is 0 Å². The van der Waals surface area contributed by atoms with Gasteiger partial charge in [-0.25, -0.2) is 0 Å². The van der Waals surface area contributed by atoms with Crippen molar-refractivity contribution in [1.29, 1.82) is 5.26 Å². The maximum absolute atomic E-state index is 10.6. The number of nitro benzene ring substituents is 1. The van der Waals surface area contributed by atoms with Crippen LogP contribution in [0.2, 0.25) is 0 Å². The molecule has 0 atom stereocenters. The standard InChI is InChI=1S/C10H9N2O2/c1-7(2)8-4-3-5-10(12(13)14)9(8)6-11/h3-5H,1-2H3. The molecule has 0 fully saturated rings. The minimum absolute atomic E-state index is 0.133. The number of nitro groups is 1. The Morgan fingerprint density at radius 1 is 1.50 bits per heavy atom. The van der Waals surface area contributed by atoms with E-state index in [1.165, 1.54) is 6.07 Å². The zero-order chi connectivity index (χ0) is 10.7. The Morgan fingerprint density at radius 2 is 2.14 bits per heavy atom. The molecule has 0 saturated carbocycles. The van der Waals surface area contributed by atoms with E-state index < -0.39 is 4.92 Å². The first-order chi connectivity index (χ1) is 6.57. The Bertz CT molecular complexity index is 405. The molecule has 0 spiro atoms. The van der Waals surface area contributed by atoms with Gasteiger partial charge in [0.2, 0.25) is 0 Å². The summed E-state index contributed by atoms with van der Waals surface area (Å²) in [4.78, 5) is 10.1. The van der Waals surface area contributed by atoms with Crippen molar-refractivity contribution in [3.05, 3.63) is 45.4 Å². The van der Waals surface area contributed by atoms with E-state index in [1.807, 2.05) is 19.9 Å². The van der Waals surface area contributed by atoms with Gasteiger partial charge in [0.25, 0.3) is 5.69 Å². The zero-order valence-corrected chi connectivity index (χ0v) is 7.94. The molecule has 1 rings (SSSR count). The van der Waals surface area contributed by atoms with Crippen LogP contribution < -0.4 is 0 Å². The molecular formula is C10H9N2O2. The molecule has 1 radical (unpaired) electrons. The normalized spacial score (nSPS) is 9.86. The molecule has 4 heteroatoms. The largest absolute Gasteiger partial charge is 0.287 e. The molecule has 4 nitrogen and oxygen atoms in total. The molecule has 0 heterocycles. The number of hydrogen-bond acceptors (Lipinski definition) is 3. The van der Waals surface area contributed by atoms with E-state index in [0.717, 1.165) is 5.92 Å². The number of benzene rings is 1. The van der Waals surface area contributed by atoms with Crippen molar-refractivity contribution in [2.75, 3.05) is 0 Å². The molecule has 0 bridgehead atoms. The van der Waals surface area contributed by atoms with Crippen LogP contribution in [-0.2, 0) is 0 Å². The maximum Gasteiger partial charge on any atom is 0.287 e. The van der Waals surface area contributed by atoms with Crippen molar-refractivity contribution < 1.29 is 4.92 Å². The highest BCUT2D eigenvalue weighted by Crippen LogP contribution is 2.26. The summed E-state index contributed by atoms with van der Waals surface area (Å²) in [6.45, 7) is 3.64. The fourth-order valence-corrected chi connectivity index (χ4v) is 1.23. The maximum atomic E-state index is 10.6. The van der Waals surface area contributed by atoms with Crippen molar-refractivity contribution >= 4 is 5.69 Å². The van der Waals surface area contributed by atoms with Crippen LogP contribution in [0.15, 0.2) is 18.2 Å². The highest BCUT2D eigenvalue weighted by atomic mass is 16.6. The third-order valence-corrected chi connectivity index (χ3v) is 1.89. The van der Waals surface area contributed by atoms with Gasteiger partial charge in [0, 0.05) is 12.0 Å². The monoisotopic (exact) mass is 189 g/mol. The highest BCUT2D eigenvalue weighted by Gasteiger charge is 2.18. The van der Waals surface area contributed by atoms with Gasteiger partial charge >= 0.3 is 0 Å². The number of nitriles is 1. The SMILES string of the molecule is C[C](C)c1cccc([N+](=O)[O-])c1C#N. The Balaban J connectivity index is 3.42. The summed E-state index contributed by atoms with van der Waals surface area (Å²) in [6.07, 6.45) is 0. The molecule has 0 aromatic heterocycles. The molecule has 0 aliphatic heterocycles. The lowest BCUT2D eigenvalue weighted by atomic mass is 9.97. The van der Waals surface area contributed by atoms with E-state index in [0.29, 0.717) is 5.56 Å². The van der Waals surface area contributed by atoms with Crippen LogP contribution in [0.25, 0.3) is 0 Å². The van der Waals surface area contributed by atoms with Gasteiger partial charge in [-0.05, 0) is 5.56 Å². The van der Waals surface area contributed by atoms with Crippen molar-refractivity contribution in [2.24, 2.45) is 0 Å². The minimum Gasteiger partial charge on any atom is -0.258 e. The lowest BCUT2D eigenvalue weighted by Crippen LogP contribution is -1.98. The van der Waals surface area contributed by atoms with Gasteiger partial charge in [-0.15, -0.1) is 0 Å². The first-order valence-electron chi connectivity index (χ1n) is 4.06. The number of nitrogens with zero attached hydrogens (tertiary/aromatic N) is 2. The quantitative estimate of drug-likeness (QED) is 0.530. The molecular weight excluding hydrogens is 180 g/mol. The van der Waals surface area contributed by atoms with E-state index in [9.17, 15) is 10.1 Å². The Labute approximate surface area is 81.9 Å². The summed E-state index contributed by atoms with van der Waals surface area (Å²) in [7, 11) is 0. The van der Waals surface area contributed by atoms with Crippen molar-refractivity contribution in [2.45, 2.75) is 13.8 Å². The summed E-state index contributed by atoms with van der Waals surface area (Å²) in [5.41, 5.74) is 0.644. The predicted molar refractivity (Wildman–Crippen MR) is 51.5 cm³/mol. The zero-order valence-electron chi connectivity index (χ0n) is 7.94. The molecule has 0 aliphatic rings. The Kier molecular flexibility index (Phi) is 2.82. The fraction of sp³-hybridized carbons (Fsp3) is 0.200. The first kappa shape index (κ1) is 10.2. The second-order valence-corrected chi connectivity index (χ2v) is 3.07. The lowest BCUT2D eigenvalue weighted by Gasteiger charge is -2.06. The number of rotatable bonds is 2. The van der Waals surface area contributed by atoms with Crippen LogP contribution in [0.1, 0.15) is 25.0 Å². The summed E-state index contributed by atoms with van der Waals surface area (Å²) in [5.74, 6) is 0.894. The van der Waals surface area contributed by atoms with E-state index in [1.54, 1.807) is 12.1 Å². The van der Waals surface area contributed by atoms with Gasteiger partial charge in [-0.2, -0.15) is 5.26 Å². The van der Waals surface area contributed by atoms with Crippen molar-refractivity contribution in [3.8, 4) is 6.07 Å². The van der Waals surface area contributed by atoms with Crippen LogP contribution in [0, 0.1) is 27.4 Å². The molecule has 14 heavy (non-hydrogen) atoms. The van der Waals surface area contributed by atoms with Gasteiger partial charge in [0.05, 0.1) is 4.92 Å². The smallest absolute Gasteiger partial charge is 0.258 e. The molecule has 0 N–H and O–H groups in total.